The number of rotatable bonds is 7. The summed E-state index contributed by atoms with van der Waals surface area (Å²) in [7, 11) is 0. The van der Waals surface area contributed by atoms with Crippen molar-refractivity contribution >= 4 is 5.69 Å². The molecule has 1 aromatic rings. The van der Waals surface area contributed by atoms with Crippen molar-refractivity contribution in [3.8, 4) is 0 Å². The van der Waals surface area contributed by atoms with Crippen LogP contribution in [0.25, 0.3) is 0 Å². The molecule has 0 saturated carbocycles. The third-order valence-corrected chi connectivity index (χ3v) is 6.06. The zero-order valence-corrected chi connectivity index (χ0v) is 18.6. The van der Waals surface area contributed by atoms with Gasteiger partial charge in [-0.25, -0.2) is 0 Å². The average molecular weight is 369 g/mol. The van der Waals surface area contributed by atoms with Crippen LogP contribution in [0.5, 0.6) is 0 Å². The van der Waals surface area contributed by atoms with Gasteiger partial charge in [-0.3, -0.25) is 0 Å². The van der Waals surface area contributed by atoms with Crippen LogP contribution in [0.1, 0.15) is 78.4 Å². The maximum Gasteiger partial charge on any atom is 0.0349 e. The molecule has 2 heteroatoms. The molecular formula is C25H40N2. The minimum absolute atomic E-state index is 0.408. The summed E-state index contributed by atoms with van der Waals surface area (Å²) < 4.78 is 0. The van der Waals surface area contributed by atoms with Crippen molar-refractivity contribution in [2.75, 3.05) is 12.3 Å². The average Bonchev–Trinajstić information content (AvgIpc) is 2.60. The van der Waals surface area contributed by atoms with Crippen LogP contribution in [0.4, 0.5) is 5.69 Å². The molecular weight excluding hydrogens is 328 g/mol. The van der Waals surface area contributed by atoms with Gasteiger partial charge in [-0.05, 0) is 52.4 Å². The molecule has 0 saturated heterocycles. The summed E-state index contributed by atoms with van der Waals surface area (Å²) in [4.78, 5) is 0. The highest BCUT2D eigenvalue weighted by molar-refractivity contribution is 5.50. The molecule has 3 N–H and O–H groups in total. The molecule has 0 heterocycles. The first kappa shape index (κ1) is 21.8. The van der Waals surface area contributed by atoms with E-state index in [1.807, 2.05) is 0 Å². The Kier molecular flexibility index (Phi) is 7.33. The zero-order chi connectivity index (χ0) is 20.3. The van der Waals surface area contributed by atoms with Gasteiger partial charge >= 0.3 is 0 Å². The summed E-state index contributed by atoms with van der Waals surface area (Å²) >= 11 is 0. The molecule has 0 fully saturated rings. The largest absolute Gasteiger partial charge is 0.398 e. The van der Waals surface area contributed by atoms with Crippen LogP contribution < -0.4 is 11.1 Å². The van der Waals surface area contributed by atoms with E-state index in [2.05, 4.69) is 91.1 Å². The van der Waals surface area contributed by atoms with Crippen LogP contribution in [0.2, 0.25) is 0 Å². The molecule has 2 nitrogen and oxygen atoms in total. The molecule has 0 spiro atoms. The van der Waals surface area contributed by atoms with Gasteiger partial charge in [0.1, 0.15) is 0 Å². The van der Waals surface area contributed by atoms with Crippen molar-refractivity contribution in [3.05, 3.63) is 52.6 Å². The summed E-state index contributed by atoms with van der Waals surface area (Å²) in [6.07, 6.45) is 4.90. The van der Waals surface area contributed by atoms with Crippen LogP contribution >= 0.6 is 0 Å². The van der Waals surface area contributed by atoms with Crippen molar-refractivity contribution in [2.45, 2.75) is 73.3 Å². The van der Waals surface area contributed by atoms with Gasteiger partial charge in [0.25, 0.3) is 0 Å². The molecule has 1 aliphatic carbocycles. The van der Waals surface area contributed by atoms with E-state index in [0.717, 1.165) is 12.2 Å². The fourth-order valence-electron chi connectivity index (χ4n) is 4.05. The number of allylic oxidation sites excluding steroid dienone is 2. The third-order valence-electron chi connectivity index (χ3n) is 6.06. The molecule has 0 aliphatic heterocycles. The lowest BCUT2D eigenvalue weighted by Crippen LogP contribution is -2.39. The molecule has 2 rings (SSSR count). The highest BCUT2D eigenvalue weighted by Crippen LogP contribution is 2.32. The monoisotopic (exact) mass is 368 g/mol. The minimum Gasteiger partial charge on any atom is -0.398 e. The van der Waals surface area contributed by atoms with Crippen LogP contribution in [0, 0.1) is 17.8 Å². The number of hydrogen-bond acceptors (Lipinski definition) is 2. The highest BCUT2D eigenvalue weighted by Gasteiger charge is 2.26. The fourth-order valence-corrected chi connectivity index (χ4v) is 4.05. The maximum atomic E-state index is 6.16. The number of nitrogens with one attached hydrogen (secondary N) is 1. The van der Waals surface area contributed by atoms with Crippen LogP contribution in [-0.2, 0) is 0 Å². The second-order valence-electron chi connectivity index (χ2n) is 9.29. The Morgan fingerprint density at radius 3 is 2.19 bits per heavy atom. The van der Waals surface area contributed by atoms with E-state index >= 15 is 0 Å². The summed E-state index contributed by atoms with van der Waals surface area (Å²) in [5, 5.41) is 3.85. The smallest absolute Gasteiger partial charge is 0.0349 e. The molecule has 1 aliphatic rings. The fraction of sp³-hybridized carbons (Fsp3) is 0.600. The maximum absolute atomic E-state index is 6.16. The second-order valence-corrected chi connectivity index (χ2v) is 9.29. The standard InChI is InChI=1S/C25H40N2/c1-15(2)21-12-22(16(3)4)19(8)25(13-21)27-14-18(7)20-9-10-24(26)23(11-20)17(5)6/h9-13,15-19,25,27H,14,26H2,1-8H3. The molecule has 0 bridgehead atoms. The number of nitrogen functional groups attached to an aromatic ring is 1. The van der Waals surface area contributed by atoms with Crippen LogP contribution in [-0.4, -0.2) is 12.6 Å². The topological polar surface area (TPSA) is 38.0 Å². The lowest BCUT2D eigenvalue weighted by molar-refractivity contribution is 0.431. The number of hydrogen-bond donors (Lipinski definition) is 2. The number of nitrogens with two attached hydrogens (primary N) is 1. The van der Waals surface area contributed by atoms with Gasteiger partial charge in [0.15, 0.2) is 0 Å². The van der Waals surface area contributed by atoms with Gasteiger partial charge in [-0.1, -0.05) is 85.2 Å². The normalized spacial score (nSPS) is 21.6. The summed E-state index contributed by atoms with van der Waals surface area (Å²) in [5.74, 6) is 2.62. The van der Waals surface area contributed by atoms with E-state index in [-0.39, 0.29) is 0 Å². The van der Waals surface area contributed by atoms with Crippen molar-refractivity contribution in [2.24, 2.45) is 17.8 Å². The quantitative estimate of drug-likeness (QED) is 0.557. The molecule has 27 heavy (non-hydrogen) atoms. The van der Waals surface area contributed by atoms with Crippen LogP contribution in [0.3, 0.4) is 0 Å². The second kappa shape index (κ2) is 9.10. The number of benzene rings is 1. The SMILES string of the molecule is CC(C)C1=CC(NCC(C)c2ccc(N)c(C(C)C)c2)C(C)C(C(C)C)=C1. The molecule has 0 radical (unpaired) electrons. The van der Waals surface area contributed by atoms with Crippen molar-refractivity contribution in [3.63, 3.8) is 0 Å². The lowest BCUT2D eigenvalue weighted by atomic mass is 9.78. The van der Waals surface area contributed by atoms with Gasteiger partial charge in [0.2, 0.25) is 0 Å². The Hall–Kier alpha value is -1.54. The Morgan fingerprint density at radius 1 is 0.963 bits per heavy atom. The molecule has 150 valence electrons. The van der Waals surface area contributed by atoms with Crippen LogP contribution in [0.15, 0.2) is 41.5 Å². The highest BCUT2D eigenvalue weighted by atomic mass is 14.9. The zero-order valence-electron chi connectivity index (χ0n) is 18.6. The van der Waals surface area contributed by atoms with E-state index < -0.39 is 0 Å². The summed E-state index contributed by atoms with van der Waals surface area (Å²) in [6.45, 7) is 19.3. The number of anilines is 1. The van der Waals surface area contributed by atoms with E-state index in [1.54, 1.807) is 5.57 Å². The van der Waals surface area contributed by atoms with Crippen molar-refractivity contribution in [1.82, 2.24) is 5.32 Å². The van der Waals surface area contributed by atoms with E-state index in [4.69, 9.17) is 5.73 Å². The van der Waals surface area contributed by atoms with Gasteiger partial charge < -0.3 is 11.1 Å². The van der Waals surface area contributed by atoms with Gasteiger partial charge in [0, 0.05) is 18.3 Å². The summed E-state index contributed by atoms with van der Waals surface area (Å²) in [5.41, 5.74) is 12.7. The Morgan fingerprint density at radius 2 is 1.63 bits per heavy atom. The Labute approximate surface area is 167 Å². The minimum atomic E-state index is 0.408. The molecule has 3 unspecified atom stereocenters. The Bertz CT molecular complexity index is 694. The lowest BCUT2D eigenvalue weighted by Gasteiger charge is -2.33. The van der Waals surface area contributed by atoms with Crippen molar-refractivity contribution in [1.29, 1.82) is 0 Å². The third kappa shape index (κ3) is 5.25. The molecule has 3 atom stereocenters. The van der Waals surface area contributed by atoms with E-state index in [9.17, 15) is 0 Å². The van der Waals surface area contributed by atoms with Gasteiger partial charge in [0.05, 0.1) is 0 Å². The predicted octanol–water partition coefficient (Wildman–Crippen LogP) is 6.27. The molecule has 0 amide bonds. The Balaban J connectivity index is 2.13. The molecule has 0 aromatic heterocycles. The first-order valence-corrected chi connectivity index (χ1v) is 10.7. The predicted molar refractivity (Wildman–Crippen MR) is 120 cm³/mol. The van der Waals surface area contributed by atoms with E-state index in [0.29, 0.717) is 35.6 Å². The van der Waals surface area contributed by atoms with Gasteiger partial charge in [-0.2, -0.15) is 0 Å². The van der Waals surface area contributed by atoms with Crippen molar-refractivity contribution < 1.29 is 0 Å². The first-order valence-electron chi connectivity index (χ1n) is 10.7. The summed E-state index contributed by atoms with van der Waals surface area (Å²) in [6, 6.07) is 6.96. The first-order chi connectivity index (χ1) is 12.6. The van der Waals surface area contributed by atoms with E-state index in [1.165, 1.54) is 16.7 Å². The molecule has 1 aromatic carbocycles. The van der Waals surface area contributed by atoms with Gasteiger partial charge in [-0.15, -0.1) is 0 Å².